The van der Waals surface area contributed by atoms with Crippen molar-refractivity contribution in [2.45, 2.75) is 42.2 Å². The molecule has 0 aromatic heterocycles. The molecule has 0 aliphatic carbocycles. The van der Waals surface area contributed by atoms with Crippen molar-refractivity contribution in [3.8, 4) is 0 Å². The number of aliphatic hydroxyl groups is 8. The fraction of sp³-hybridized carbons (Fsp3) is 0.909. The van der Waals surface area contributed by atoms with Gasteiger partial charge in [-0.1, -0.05) is 0 Å². The van der Waals surface area contributed by atoms with Crippen molar-refractivity contribution in [3.63, 3.8) is 0 Å². The van der Waals surface area contributed by atoms with Crippen LogP contribution in [0.3, 0.4) is 0 Å². The number of hydrogen-bond acceptors (Lipinski definition) is 10. The Morgan fingerprint density at radius 3 is 2.10 bits per heavy atom. The molecule has 10 nitrogen and oxygen atoms in total. The quantitative estimate of drug-likeness (QED) is 0.235. The lowest BCUT2D eigenvalue weighted by molar-refractivity contribution is -0.271. The largest absolute Gasteiger partial charge is 0.394 e. The van der Waals surface area contributed by atoms with Gasteiger partial charge in [0.1, 0.15) is 36.6 Å². The first kappa shape index (κ1) is 18.4. The Kier molecular flexibility index (Phi) is 6.16. The minimum atomic E-state index is -2.84. The highest BCUT2D eigenvalue weighted by atomic mass is 16.6. The number of ether oxygens (including phenoxy) is 1. The van der Waals surface area contributed by atoms with E-state index in [0.29, 0.717) is 0 Å². The Morgan fingerprint density at radius 2 is 1.67 bits per heavy atom. The molecule has 1 aliphatic rings. The second-order valence-corrected chi connectivity index (χ2v) is 4.89. The van der Waals surface area contributed by atoms with Gasteiger partial charge in [0.05, 0.1) is 19.8 Å². The van der Waals surface area contributed by atoms with Gasteiger partial charge in [-0.2, -0.15) is 0 Å². The Morgan fingerprint density at radius 1 is 1.10 bits per heavy atom. The number of aliphatic hydroxyl groups excluding tert-OH is 7. The second kappa shape index (κ2) is 7.05. The Labute approximate surface area is 119 Å². The standard InChI is InChI=1S/C11H20O10/c12-1-4(15)9(19)11(20,3-14)10-8(18)7(17)6(16)5(2-13)21-10/h4-8,10,12-18,20H,1-3H2/t4-,5+,6-,7-,8+,10+,11+/m0/s1. The average molecular weight is 312 g/mol. The summed E-state index contributed by atoms with van der Waals surface area (Å²) in [5, 5.41) is 75.4. The van der Waals surface area contributed by atoms with E-state index in [1.807, 2.05) is 0 Å². The first-order valence-electron chi connectivity index (χ1n) is 6.21. The molecule has 0 radical (unpaired) electrons. The van der Waals surface area contributed by atoms with Crippen molar-refractivity contribution in [1.82, 2.24) is 0 Å². The van der Waals surface area contributed by atoms with E-state index in [2.05, 4.69) is 0 Å². The lowest BCUT2D eigenvalue weighted by Crippen LogP contribution is -2.69. The van der Waals surface area contributed by atoms with Crippen LogP contribution in [0.25, 0.3) is 0 Å². The van der Waals surface area contributed by atoms with Gasteiger partial charge in [-0.15, -0.1) is 0 Å². The predicted molar refractivity (Wildman–Crippen MR) is 63.9 cm³/mol. The number of hydrogen-bond donors (Lipinski definition) is 8. The molecule has 7 atom stereocenters. The minimum Gasteiger partial charge on any atom is -0.394 e. The normalized spacial score (nSPS) is 37.8. The van der Waals surface area contributed by atoms with E-state index in [-0.39, 0.29) is 0 Å². The smallest absolute Gasteiger partial charge is 0.200 e. The van der Waals surface area contributed by atoms with Crippen molar-refractivity contribution >= 4 is 5.78 Å². The molecule has 0 aromatic carbocycles. The predicted octanol–water partition coefficient (Wildman–Crippen LogP) is -5.53. The molecular formula is C11H20O10. The molecule has 10 heteroatoms. The third-order valence-electron chi connectivity index (χ3n) is 3.51. The van der Waals surface area contributed by atoms with E-state index in [9.17, 15) is 35.4 Å². The van der Waals surface area contributed by atoms with E-state index < -0.39 is 67.8 Å². The SMILES string of the molecule is O=C([C@@H](O)CO)[C@](O)(CO)[C@@H]1O[C@H](CO)[C@H](O)[C@H](O)[C@H]1O. The first-order valence-corrected chi connectivity index (χ1v) is 6.21. The summed E-state index contributed by atoms with van der Waals surface area (Å²) in [7, 11) is 0. The van der Waals surface area contributed by atoms with E-state index in [0.717, 1.165) is 0 Å². The van der Waals surface area contributed by atoms with Crippen molar-refractivity contribution < 1.29 is 50.4 Å². The van der Waals surface area contributed by atoms with Gasteiger partial charge in [-0.3, -0.25) is 4.79 Å². The average Bonchev–Trinajstić information content (AvgIpc) is 2.50. The molecule has 21 heavy (non-hydrogen) atoms. The molecule has 8 N–H and O–H groups in total. The highest BCUT2D eigenvalue weighted by Gasteiger charge is 2.56. The zero-order valence-corrected chi connectivity index (χ0v) is 11.0. The Hall–Kier alpha value is -0.690. The van der Waals surface area contributed by atoms with Crippen LogP contribution in [0.2, 0.25) is 0 Å². The van der Waals surface area contributed by atoms with E-state index >= 15 is 0 Å². The van der Waals surface area contributed by atoms with Crippen LogP contribution in [-0.4, -0.2) is 109 Å². The van der Waals surface area contributed by atoms with Gasteiger partial charge in [0, 0.05) is 0 Å². The topological polar surface area (TPSA) is 188 Å². The number of rotatable bonds is 6. The van der Waals surface area contributed by atoms with Crippen molar-refractivity contribution in [1.29, 1.82) is 0 Å². The van der Waals surface area contributed by atoms with Crippen molar-refractivity contribution in [2.24, 2.45) is 0 Å². The molecule has 1 rings (SSSR count). The van der Waals surface area contributed by atoms with Gasteiger partial charge in [0.25, 0.3) is 0 Å². The van der Waals surface area contributed by atoms with Crippen LogP contribution in [-0.2, 0) is 9.53 Å². The summed E-state index contributed by atoms with van der Waals surface area (Å²) in [6.07, 6.45) is -10.9. The molecule has 0 bridgehead atoms. The van der Waals surface area contributed by atoms with E-state index in [4.69, 9.17) is 14.9 Å². The van der Waals surface area contributed by atoms with E-state index in [1.165, 1.54) is 0 Å². The summed E-state index contributed by atoms with van der Waals surface area (Å²) in [6, 6.07) is 0. The molecule has 0 unspecified atom stereocenters. The van der Waals surface area contributed by atoms with Crippen LogP contribution < -0.4 is 0 Å². The third-order valence-corrected chi connectivity index (χ3v) is 3.51. The van der Waals surface area contributed by atoms with Gasteiger partial charge >= 0.3 is 0 Å². The maximum absolute atomic E-state index is 11.8. The molecular weight excluding hydrogens is 292 g/mol. The summed E-state index contributed by atoms with van der Waals surface area (Å²) < 4.78 is 4.97. The summed E-state index contributed by atoms with van der Waals surface area (Å²) in [5.41, 5.74) is -2.84. The fourth-order valence-corrected chi connectivity index (χ4v) is 2.18. The van der Waals surface area contributed by atoms with Gasteiger partial charge < -0.3 is 45.6 Å². The van der Waals surface area contributed by atoms with Crippen LogP contribution in [0.4, 0.5) is 0 Å². The molecule has 0 spiro atoms. The maximum Gasteiger partial charge on any atom is 0.200 e. The number of carbonyl (C=O) groups is 1. The fourth-order valence-electron chi connectivity index (χ4n) is 2.18. The zero-order valence-electron chi connectivity index (χ0n) is 11.0. The molecule has 1 fully saturated rings. The zero-order chi connectivity index (χ0) is 16.4. The lowest BCUT2D eigenvalue weighted by atomic mass is 9.81. The summed E-state index contributed by atoms with van der Waals surface area (Å²) in [4.78, 5) is 11.8. The number of Topliss-reactive ketones (excluding diaryl/α,β-unsaturated/α-hetero) is 1. The van der Waals surface area contributed by atoms with Crippen molar-refractivity contribution in [2.75, 3.05) is 19.8 Å². The van der Waals surface area contributed by atoms with Gasteiger partial charge in [-0.05, 0) is 0 Å². The Bertz CT molecular complexity index is 361. The monoisotopic (exact) mass is 312 g/mol. The molecule has 0 aromatic rings. The van der Waals surface area contributed by atoms with Gasteiger partial charge in [0.15, 0.2) is 11.4 Å². The van der Waals surface area contributed by atoms with Gasteiger partial charge in [0.2, 0.25) is 0 Å². The number of carbonyl (C=O) groups excluding carboxylic acids is 1. The van der Waals surface area contributed by atoms with Crippen LogP contribution in [0.5, 0.6) is 0 Å². The van der Waals surface area contributed by atoms with Crippen molar-refractivity contribution in [3.05, 3.63) is 0 Å². The summed E-state index contributed by atoms with van der Waals surface area (Å²) in [6.45, 7) is -3.12. The van der Waals surface area contributed by atoms with Crippen LogP contribution in [0.15, 0.2) is 0 Å². The van der Waals surface area contributed by atoms with Gasteiger partial charge in [-0.25, -0.2) is 0 Å². The molecule has 0 saturated carbocycles. The van der Waals surface area contributed by atoms with E-state index in [1.54, 1.807) is 0 Å². The highest BCUT2D eigenvalue weighted by molar-refractivity contribution is 5.92. The first-order chi connectivity index (χ1) is 9.74. The minimum absolute atomic E-state index is 0.792. The molecule has 1 heterocycles. The molecule has 0 amide bonds. The van der Waals surface area contributed by atoms with Crippen LogP contribution in [0, 0.1) is 0 Å². The van der Waals surface area contributed by atoms with Crippen LogP contribution in [0.1, 0.15) is 0 Å². The Balaban J connectivity index is 3.10. The van der Waals surface area contributed by atoms with Crippen LogP contribution >= 0.6 is 0 Å². The maximum atomic E-state index is 11.8. The number of ketones is 1. The lowest BCUT2D eigenvalue weighted by Gasteiger charge is -2.45. The highest BCUT2D eigenvalue weighted by Crippen LogP contribution is 2.29. The molecule has 1 saturated heterocycles. The molecule has 124 valence electrons. The molecule has 1 aliphatic heterocycles. The second-order valence-electron chi connectivity index (χ2n) is 4.89. The third kappa shape index (κ3) is 3.23. The summed E-state index contributed by atoms with van der Waals surface area (Å²) in [5.74, 6) is -1.43. The summed E-state index contributed by atoms with van der Waals surface area (Å²) >= 11 is 0.